The minimum atomic E-state index is 0.306. The molecule has 1 fully saturated rings. The highest BCUT2D eigenvalue weighted by Gasteiger charge is 2.31. The average molecular weight is 324 g/mol. The number of aromatic nitrogens is 2. The lowest BCUT2D eigenvalue weighted by Gasteiger charge is -2.37. The molecule has 1 saturated carbocycles. The topological polar surface area (TPSA) is 50.2 Å². The summed E-state index contributed by atoms with van der Waals surface area (Å²) in [5, 5.41) is 15.0. The van der Waals surface area contributed by atoms with Crippen LogP contribution >= 0.6 is 0 Å². The number of hydrogen-bond donors (Lipinski definition) is 1. The summed E-state index contributed by atoms with van der Waals surface area (Å²) in [5.74, 6) is 1.54. The first-order valence-corrected chi connectivity index (χ1v) is 9.06. The molecular weight excluding hydrogens is 296 g/mol. The van der Waals surface area contributed by atoms with Crippen LogP contribution in [0.4, 0.5) is 5.82 Å². The van der Waals surface area contributed by atoms with Gasteiger partial charge in [0.15, 0.2) is 5.82 Å². The SMILES string of the molecule is C/C(CC(C)(C)C1CCCCC1)=N/Nc1nncc2ccccc12. The van der Waals surface area contributed by atoms with Gasteiger partial charge in [0.25, 0.3) is 0 Å². The lowest BCUT2D eigenvalue weighted by molar-refractivity contribution is 0.166. The summed E-state index contributed by atoms with van der Waals surface area (Å²) in [5.41, 5.74) is 4.56. The van der Waals surface area contributed by atoms with Gasteiger partial charge in [-0.2, -0.15) is 10.2 Å². The van der Waals surface area contributed by atoms with E-state index in [0.29, 0.717) is 5.41 Å². The molecule has 1 aromatic carbocycles. The Morgan fingerprint density at radius 3 is 2.75 bits per heavy atom. The zero-order valence-electron chi connectivity index (χ0n) is 15.0. The number of hydrogen-bond acceptors (Lipinski definition) is 4. The summed E-state index contributed by atoms with van der Waals surface area (Å²) in [6.45, 7) is 6.88. The van der Waals surface area contributed by atoms with Gasteiger partial charge in [0.2, 0.25) is 0 Å². The van der Waals surface area contributed by atoms with Crippen molar-refractivity contribution in [2.24, 2.45) is 16.4 Å². The van der Waals surface area contributed by atoms with Crippen LogP contribution in [0.1, 0.15) is 59.3 Å². The van der Waals surface area contributed by atoms with Crippen molar-refractivity contribution in [1.29, 1.82) is 0 Å². The normalized spacial score (nSPS) is 17.2. The summed E-state index contributed by atoms with van der Waals surface area (Å²) in [6.07, 6.45) is 9.69. The van der Waals surface area contributed by atoms with Crippen molar-refractivity contribution in [3.63, 3.8) is 0 Å². The summed E-state index contributed by atoms with van der Waals surface area (Å²) in [4.78, 5) is 0. The van der Waals surface area contributed by atoms with E-state index < -0.39 is 0 Å². The molecule has 0 saturated heterocycles. The molecule has 2 aromatic rings. The largest absolute Gasteiger partial charge is 0.259 e. The van der Waals surface area contributed by atoms with Crippen molar-refractivity contribution >= 4 is 22.3 Å². The van der Waals surface area contributed by atoms with E-state index in [9.17, 15) is 0 Å². The first-order chi connectivity index (χ1) is 11.6. The summed E-state index contributed by atoms with van der Waals surface area (Å²) in [7, 11) is 0. The lowest BCUT2D eigenvalue weighted by atomic mass is 9.69. The van der Waals surface area contributed by atoms with Gasteiger partial charge in [0.1, 0.15) is 0 Å². The van der Waals surface area contributed by atoms with E-state index in [0.717, 1.165) is 34.6 Å². The third-order valence-corrected chi connectivity index (χ3v) is 5.34. The molecule has 0 aliphatic heterocycles. The molecule has 1 aliphatic rings. The summed E-state index contributed by atoms with van der Waals surface area (Å²) < 4.78 is 0. The molecule has 0 radical (unpaired) electrons. The van der Waals surface area contributed by atoms with Crippen molar-refractivity contribution < 1.29 is 0 Å². The smallest absolute Gasteiger partial charge is 0.176 e. The molecule has 0 amide bonds. The molecule has 4 nitrogen and oxygen atoms in total. The number of nitrogens with zero attached hydrogens (tertiary/aromatic N) is 3. The van der Waals surface area contributed by atoms with Crippen molar-refractivity contribution in [3.05, 3.63) is 30.5 Å². The van der Waals surface area contributed by atoms with Gasteiger partial charge in [-0.05, 0) is 37.5 Å². The molecule has 0 spiro atoms. The van der Waals surface area contributed by atoms with E-state index in [-0.39, 0.29) is 0 Å². The maximum absolute atomic E-state index is 4.59. The third-order valence-electron chi connectivity index (χ3n) is 5.34. The highest BCUT2D eigenvalue weighted by molar-refractivity contribution is 5.91. The standard InChI is InChI=1S/C20H28N4/c1-15(13-20(2,3)17-10-5-4-6-11-17)22-24-19-18-12-8-7-9-16(18)14-21-23-19/h7-9,12,14,17H,4-6,10-11,13H2,1-3H3,(H,23,24)/b22-15-. The van der Waals surface area contributed by atoms with Crippen molar-refractivity contribution in [3.8, 4) is 0 Å². The van der Waals surface area contributed by atoms with Crippen LogP contribution < -0.4 is 5.43 Å². The molecular formula is C20H28N4. The van der Waals surface area contributed by atoms with Gasteiger partial charge in [-0.25, -0.2) is 0 Å². The monoisotopic (exact) mass is 324 g/mol. The van der Waals surface area contributed by atoms with E-state index in [1.165, 1.54) is 32.1 Å². The average Bonchev–Trinajstić information content (AvgIpc) is 2.60. The van der Waals surface area contributed by atoms with E-state index in [1.807, 2.05) is 24.3 Å². The zero-order chi connectivity index (χ0) is 17.0. The number of benzene rings is 1. The molecule has 4 heteroatoms. The Morgan fingerprint density at radius 1 is 1.21 bits per heavy atom. The molecule has 1 heterocycles. The Morgan fingerprint density at radius 2 is 1.96 bits per heavy atom. The Labute approximate surface area is 144 Å². The molecule has 0 unspecified atom stereocenters. The van der Waals surface area contributed by atoms with Crippen LogP contribution in [-0.2, 0) is 0 Å². The van der Waals surface area contributed by atoms with E-state index in [2.05, 4.69) is 41.5 Å². The van der Waals surface area contributed by atoms with Gasteiger partial charge in [-0.15, -0.1) is 5.10 Å². The maximum atomic E-state index is 4.59. The molecule has 128 valence electrons. The quantitative estimate of drug-likeness (QED) is 0.590. The van der Waals surface area contributed by atoms with Crippen molar-refractivity contribution in [2.75, 3.05) is 5.43 Å². The minimum absolute atomic E-state index is 0.306. The van der Waals surface area contributed by atoms with Crippen LogP contribution in [0.15, 0.2) is 35.6 Å². The first-order valence-electron chi connectivity index (χ1n) is 9.06. The Hall–Kier alpha value is -1.97. The Bertz CT molecular complexity index is 709. The summed E-state index contributed by atoms with van der Waals surface area (Å²) in [6, 6.07) is 8.11. The minimum Gasteiger partial charge on any atom is -0.259 e. The van der Waals surface area contributed by atoms with Crippen LogP contribution in [0.5, 0.6) is 0 Å². The molecule has 3 rings (SSSR count). The fourth-order valence-electron chi connectivity index (χ4n) is 3.99. The van der Waals surface area contributed by atoms with Crippen LogP contribution in [0, 0.1) is 11.3 Å². The number of rotatable bonds is 5. The van der Waals surface area contributed by atoms with Crippen LogP contribution in [0.3, 0.4) is 0 Å². The molecule has 1 aliphatic carbocycles. The number of hydrazone groups is 1. The number of fused-ring (bicyclic) bond motifs is 1. The lowest BCUT2D eigenvalue weighted by Crippen LogP contribution is -2.28. The molecule has 0 bridgehead atoms. The molecule has 1 N–H and O–H groups in total. The highest BCUT2D eigenvalue weighted by atomic mass is 15.3. The second kappa shape index (κ2) is 7.29. The van der Waals surface area contributed by atoms with Gasteiger partial charge in [-0.1, -0.05) is 57.4 Å². The maximum Gasteiger partial charge on any atom is 0.176 e. The molecule has 1 aromatic heterocycles. The second-order valence-corrected chi connectivity index (χ2v) is 7.74. The van der Waals surface area contributed by atoms with E-state index in [1.54, 1.807) is 6.20 Å². The Balaban J connectivity index is 1.69. The van der Waals surface area contributed by atoms with Gasteiger partial charge < -0.3 is 0 Å². The van der Waals surface area contributed by atoms with E-state index >= 15 is 0 Å². The zero-order valence-corrected chi connectivity index (χ0v) is 15.0. The predicted octanol–water partition coefficient (Wildman–Crippen LogP) is 5.41. The summed E-state index contributed by atoms with van der Waals surface area (Å²) >= 11 is 0. The Kier molecular flexibility index (Phi) is 5.12. The van der Waals surface area contributed by atoms with Gasteiger partial charge in [0, 0.05) is 16.5 Å². The first kappa shape index (κ1) is 16.9. The fourth-order valence-corrected chi connectivity index (χ4v) is 3.99. The molecule has 0 atom stereocenters. The van der Waals surface area contributed by atoms with Gasteiger partial charge >= 0.3 is 0 Å². The van der Waals surface area contributed by atoms with Crippen molar-refractivity contribution in [2.45, 2.75) is 59.3 Å². The van der Waals surface area contributed by atoms with E-state index in [4.69, 9.17) is 0 Å². The predicted molar refractivity (Wildman–Crippen MR) is 101 cm³/mol. The van der Waals surface area contributed by atoms with Crippen molar-refractivity contribution in [1.82, 2.24) is 10.2 Å². The fraction of sp³-hybridized carbons (Fsp3) is 0.550. The second-order valence-electron chi connectivity index (χ2n) is 7.74. The number of nitrogens with one attached hydrogen (secondary N) is 1. The van der Waals surface area contributed by atoms with Gasteiger partial charge in [-0.3, -0.25) is 5.43 Å². The van der Waals surface area contributed by atoms with Crippen LogP contribution in [0.25, 0.3) is 10.8 Å². The molecule has 24 heavy (non-hydrogen) atoms. The highest BCUT2D eigenvalue weighted by Crippen LogP contribution is 2.40. The number of anilines is 1. The van der Waals surface area contributed by atoms with Crippen LogP contribution in [0.2, 0.25) is 0 Å². The van der Waals surface area contributed by atoms with Crippen LogP contribution in [-0.4, -0.2) is 15.9 Å². The van der Waals surface area contributed by atoms with Gasteiger partial charge in [0.05, 0.1) is 6.20 Å². The third kappa shape index (κ3) is 3.92.